The van der Waals surface area contributed by atoms with Crippen LogP contribution in [0.15, 0.2) is 0 Å². The normalized spacial score (nSPS) is 13.1. The van der Waals surface area contributed by atoms with Crippen molar-refractivity contribution < 1.29 is 20.1 Å². The van der Waals surface area contributed by atoms with Crippen molar-refractivity contribution in [1.29, 1.82) is 0 Å². The molecule has 0 rings (SSSR count). The minimum absolute atomic E-state index is 0.207. The molecule has 0 aromatic rings. The van der Waals surface area contributed by atoms with Gasteiger partial charge in [0.15, 0.2) is 0 Å². The van der Waals surface area contributed by atoms with Crippen LogP contribution in [0.25, 0.3) is 0 Å². The molecular formula is C10H21NO4. The first-order chi connectivity index (χ1) is 7.06. The second-order valence-corrected chi connectivity index (χ2v) is 3.80. The number of hydrogen-bond donors (Lipinski definition) is 3. The summed E-state index contributed by atoms with van der Waals surface area (Å²) in [5, 5.41) is 26.3. The number of carboxylic acid groups (broad SMARTS) is 1. The molecule has 0 radical (unpaired) electrons. The van der Waals surface area contributed by atoms with Crippen LogP contribution < -0.4 is 0 Å². The summed E-state index contributed by atoms with van der Waals surface area (Å²) in [7, 11) is 1.85. The largest absolute Gasteiger partial charge is 0.481 e. The molecule has 0 saturated carbocycles. The number of unbranched alkanes of at least 4 members (excludes halogenated alkanes) is 2. The van der Waals surface area contributed by atoms with Crippen LogP contribution in [0, 0.1) is 0 Å². The molecule has 0 aliphatic heterocycles. The van der Waals surface area contributed by atoms with Gasteiger partial charge in [0.05, 0.1) is 12.5 Å². The molecule has 0 aromatic heterocycles. The predicted octanol–water partition coefficient (Wildman–Crippen LogP) is -0.0836. The molecule has 0 aliphatic carbocycles. The molecule has 0 bridgehead atoms. The van der Waals surface area contributed by atoms with Crippen molar-refractivity contribution >= 4 is 5.97 Å². The van der Waals surface area contributed by atoms with E-state index in [9.17, 15) is 9.90 Å². The van der Waals surface area contributed by atoms with Gasteiger partial charge < -0.3 is 20.2 Å². The van der Waals surface area contributed by atoms with E-state index < -0.39 is 12.1 Å². The Morgan fingerprint density at radius 3 is 2.53 bits per heavy atom. The fourth-order valence-electron chi connectivity index (χ4n) is 1.39. The van der Waals surface area contributed by atoms with Gasteiger partial charge in [-0.3, -0.25) is 4.79 Å². The second kappa shape index (κ2) is 8.64. The van der Waals surface area contributed by atoms with Gasteiger partial charge in [0.25, 0.3) is 0 Å². The van der Waals surface area contributed by atoms with Crippen molar-refractivity contribution in [1.82, 2.24) is 4.90 Å². The highest BCUT2D eigenvalue weighted by atomic mass is 16.4. The van der Waals surface area contributed by atoms with Gasteiger partial charge in [0, 0.05) is 13.2 Å². The van der Waals surface area contributed by atoms with E-state index in [0.717, 1.165) is 25.8 Å². The van der Waals surface area contributed by atoms with Crippen molar-refractivity contribution in [2.45, 2.75) is 31.8 Å². The number of aliphatic carboxylic acids is 1. The molecule has 0 fully saturated rings. The molecule has 5 heteroatoms. The van der Waals surface area contributed by atoms with Gasteiger partial charge >= 0.3 is 5.97 Å². The first kappa shape index (κ1) is 14.3. The predicted molar refractivity (Wildman–Crippen MR) is 56.7 cm³/mol. The lowest BCUT2D eigenvalue weighted by Gasteiger charge is -2.19. The summed E-state index contributed by atoms with van der Waals surface area (Å²) in [6.45, 7) is 1.41. The molecule has 3 N–H and O–H groups in total. The zero-order chi connectivity index (χ0) is 11.7. The summed E-state index contributed by atoms with van der Waals surface area (Å²) >= 11 is 0. The van der Waals surface area contributed by atoms with Crippen LogP contribution in [0.2, 0.25) is 0 Å². The summed E-state index contributed by atoms with van der Waals surface area (Å²) in [4.78, 5) is 12.2. The quantitative estimate of drug-likeness (QED) is 0.472. The van der Waals surface area contributed by atoms with Gasteiger partial charge in [-0.25, -0.2) is 0 Å². The molecule has 90 valence electrons. The highest BCUT2D eigenvalue weighted by molar-refractivity contribution is 5.67. The zero-order valence-electron chi connectivity index (χ0n) is 9.22. The number of carbonyl (C=O) groups is 1. The molecule has 1 unspecified atom stereocenters. The van der Waals surface area contributed by atoms with E-state index >= 15 is 0 Å². The Morgan fingerprint density at radius 1 is 1.33 bits per heavy atom. The van der Waals surface area contributed by atoms with Crippen molar-refractivity contribution in [3.63, 3.8) is 0 Å². The summed E-state index contributed by atoms with van der Waals surface area (Å²) in [5.41, 5.74) is 0. The maximum absolute atomic E-state index is 10.3. The number of aliphatic hydroxyl groups excluding tert-OH is 2. The molecular weight excluding hydrogens is 198 g/mol. The van der Waals surface area contributed by atoms with Gasteiger partial charge in [0.2, 0.25) is 0 Å². The SMILES string of the molecule is CN(CCCCCO)CC(O)CC(=O)O. The Hall–Kier alpha value is -0.650. The Labute approximate surface area is 90.3 Å². The highest BCUT2D eigenvalue weighted by Gasteiger charge is 2.11. The van der Waals surface area contributed by atoms with Gasteiger partial charge in [-0.1, -0.05) is 0 Å². The molecule has 0 aromatic carbocycles. The van der Waals surface area contributed by atoms with Crippen molar-refractivity contribution in [2.24, 2.45) is 0 Å². The van der Waals surface area contributed by atoms with Crippen molar-refractivity contribution in [2.75, 3.05) is 26.7 Å². The van der Waals surface area contributed by atoms with E-state index in [1.807, 2.05) is 11.9 Å². The molecule has 0 amide bonds. The van der Waals surface area contributed by atoms with Crippen LogP contribution in [0.4, 0.5) is 0 Å². The van der Waals surface area contributed by atoms with E-state index in [0.29, 0.717) is 6.54 Å². The lowest BCUT2D eigenvalue weighted by molar-refractivity contribution is -0.139. The number of rotatable bonds is 9. The first-order valence-corrected chi connectivity index (χ1v) is 5.25. The molecule has 0 aliphatic rings. The molecule has 0 heterocycles. The van der Waals surface area contributed by atoms with Crippen LogP contribution in [-0.4, -0.2) is 59.0 Å². The van der Waals surface area contributed by atoms with Crippen molar-refractivity contribution in [3.05, 3.63) is 0 Å². The van der Waals surface area contributed by atoms with E-state index in [1.165, 1.54) is 0 Å². The Balaban J connectivity index is 3.46. The van der Waals surface area contributed by atoms with Crippen LogP contribution in [0.5, 0.6) is 0 Å². The van der Waals surface area contributed by atoms with Gasteiger partial charge in [-0.2, -0.15) is 0 Å². The Kier molecular flexibility index (Phi) is 8.27. The lowest BCUT2D eigenvalue weighted by Crippen LogP contribution is -2.31. The Morgan fingerprint density at radius 2 is 2.00 bits per heavy atom. The van der Waals surface area contributed by atoms with Gasteiger partial charge in [-0.15, -0.1) is 0 Å². The monoisotopic (exact) mass is 219 g/mol. The minimum atomic E-state index is -0.976. The van der Waals surface area contributed by atoms with E-state index in [-0.39, 0.29) is 13.0 Å². The third kappa shape index (κ3) is 9.65. The van der Waals surface area contributed by atoms with Crippen LogP contribution in [-0.2, 0) is 4.79 Å². The van der Waals surface area contributed by atoms with Crippen LogP contribution in [0.1, 0.15) is 25.7 Å². The molecule has 15 heavy (non-hydrogen) atoms. The van der Waals surface area contributed by atoms with E-state index in [4.69, 9.17) is 10.2 Å². The Bertz CT molecular complexity index is 175. The topological polar surface area (TPSA) is 81.0 Å². The third-order valence-corrected chi connectivity index (χ3v) is 2.13. The lowest BCUT2D eigenvalue weighted by atomic mass is 10.2. The van der Waals surface area contributed by atoms with Gasteiger partial charge in [0.1, 0.15) is 0 Å². The van der Waals surface area contributed by atoms with E-state index in [1.54, 1.807) is 0 Å². The summed E-state index contributed by atoms with van der Waals surface area (Å²) in [6.07, 6.45) is 1.70. The zero-order valence-corrected chi connectivity index (χ0v) is 9.22. The fraction of sp³-hybridized carbons (Fsp3) is 0.900. The van der Waals surface area contributed by atoms with Crippen molar-refractivity contribution in [3.8, 4) is 0 Å². The smallest absolute Gasteiger partial charge is 0.306 e. The van der Waals surface area contributed by atoms with Crippen LogP contribution >= 0.6 is 0 Å². The average Bonchev–Trinajstić information content (AvgIpc) is 2.10. The first-order valence-electron chi connectivity index (χ1n) is 5.25. The fourth-order valence-corrected chi connectivity index (χ4v) is 1.39. The van der Waals surface area contributed by atoms with E-state index in [2.05, 4.69) is 0 Å². The number of nitrogens with zero attached hydrogens (tertiary/aromatic N) is 1. The second-order valence-electron chi connectivity index (χ2n) is 3.80. The third-order valence-electron chi connectivity index (χ3n) is 2.13. The summed E-state index contributed by atoms with van der Waals surface area (Å²) in [5.74, 6) is -0.976. The van der Waals surface area contributed by atoms with Gasteiger partial charge in [-0.05, 0) is 32.9 Å². The average molecular weight is 219 g/mol. The molecule has 0 saturated heterocycles. The number of aliphatic hydroxyl groups is 2. The highest BCUT2D eigenvalue weighted by Crippen LogP contribution is 1.99. The molecule has 5 nitrogen and oxygen atoms in total. The minimum Gasteiger partial charge on any atom is -0.481 e. The molecule has 1 atom stereocenters. The number of carboxylic acids is 1. The maximum Gasteiger partial charge on any atom is 0.306 e. The standard InChI is InChI=1S/C10H21NO4/c1-11(5-3-2-4-6-12)8-9(13)7-10(14)15/h9,12-13H,2-8H2,1H3,(H,14,15). The number of likely N-dealkylation sites (N-methyl/N-ethyl adjacent to an activating group) is 1. The maximum atomic E-state index is 10.3. The molecule has 0 spiro atoms. The number of hydrogen-bond acceptors (Lipinski definition) is 4. The summed E-state index contributed by atoms with van der Waals surface area (Å²) < 4.78 is 0. The summed E-state index contributed by atoms with van der Waals surface area (Å²) in [6, 6.07) is 0. The van der Waals surface area contributed by atoms with Crippen LogP contribution in [0.3, 0.4) is 0 Å².